The van der Waals surface area contributed by atoms with E-state index in [0.717, 1.165) is 12.8 Å². The monoisotopic (exact) mass is 187 g/mol. The van der Waals surface area contributed by atoms with E-state index >= 15 is 0 Å². The second-order valence-electron chi connectivity index (χ2n) is 3.24. The van der Waals surface area contributed by atoms with Crippen LogP contribution in [-0.2, 0) is 9.59 Å². The van der Waals surface area contributed by atoms with Gasteiger partial charge in [0.05, 0.1) is 12.1 Å². The van der Waals surface area contributed by atoms with E-state index in [-0.39, 0.29) is 0 Å². The molecule has 0 aromatic carbocycles. The van der Waals surface area contributed by atoms with Crippen molar-refractivity contribution in [3.05, 3.63) is 0 Å². The molecule has 1 aliphatic carbocycles. The molecular weight excluding hydrogens is 174 g/mol. The summed E-state index contributed by atoms with van der Waals surface area (Å²) in [7, 11) is 0. The molecule has 0 aromatic heterocycles. The van der Waals surface area contributed by atoms with Gasteiger partial charge in [0, 0.05) is 0 Å². The Morgan fingerprint density at radius 3 is 2.38 bits per heavy atom. The zero-order chi connectivity index (χ0) is 9.84. The van der Waals surface area contributed by atoms with Crippen LogP contribution in [0.4, 0.5) is 0 Å². The van der Waals surface area contributed by atoms with Crippen molar-refractivity contribution < 1.29 is 19.8 Å². The van der Waals surface area contributed by atoms with Crippen LogP contribution >= 0.6 is 0 Å². The number of rotatable bonds is 1. The first-order valence-corrected chi connectivity index (χ1v) is 4.33. The van der Waals surface area contributed by atoms with Crippen LogP contribution in [0.15, 0.2) is 0 Å². The zero-order valence-corrected chi connectivity index (χ0v) is 7.19. The summed E-state index contributed by atoms with van der Waals surface area (Å²) in [5, 5.41) is 20.0. The number of aliphatic hydroxyl groups excluding tert-OH is 1. The lowest BCUT2D eigenvalue weighted by Crippen LogP contribution is -2.47. The fourth-order valence-corrected chi connectivity index (χ4v) is 1.51. The lowest BCUT2D eigenvalue weighted by Gasteiger charge is -2.27. The predicted molar refractivity (Wildman–Crippen MR) is 44.0 cm³/mol. The SMILES string of the molecule is O=C(O)C(=O)N[C@H]1CCCC[C@@H]1O. The average Bonchev–Trinajstić information content (AvgIpc) is 2.08. The Kier molecular flexibility index (Phi) is 3.25. The third kappa shape index (κ3) is 2.69. The molecule has 0 radical (unpaired) electrons. The highest BCUT2D eigenvalue weighted by atomic mass is 16.4. The van der Waals surface area contributed by atoms with E-state index in [4.69, 9.17) is 5.11 Å². The van der Waals surface area contributed by atoms with Crippen LogP contribution in [0, 0.1) is 0 Å². The third-order valence-corrected chi connectivity index (χ3v) is 2.24. The van der Waals surface area contributed by atoms with E-state index in [0.29, 0.717) is 12.8 Å². The highest BCUT2D eigenvalue weighted by Gasteiger charge is 2.26. The number of carbonyl (C=O) groups excluding carboxylic acids is 1. The van der Waals surface area contributed by atoms with Crippen molar-refractivity contribution in [2.24, 2.45) is 0 Å². The number of carboxylic acids is 1. The molecule has 2 atom stereocenters. The third-order valence-electron chi connectivity index (χ3n) is 2.24. The highest BCUT2D eigenvalue weighted by molar-refractivity contribution is 6.31. The molecule has 0 bridgehead atoms. The van der Waals surface area contributed by atoms with Crippen molar-refractivity contribution in [3.8, 4) is 0 Å². The van der Waals surface area contributed by atoms with Crippen molar-refractivity contribution in [2.45, 2.75) is 37.8 Å². The molecule has 1 aliphatic rings. The summed E-state index contributed by atoms with van der Waals surface area (Å²) in [4.78, 5) is 20.9. The quantitative estimate of drug-likeness (QED) is 0.482. The standard InChI is InChI=1S/C8H13NO4/c10-6-4-2-1-3-5(6)9-7(11)8(12)13/h5-6,10H,1-4H2,(H,9,11)(H,12,13)/t5-,6-/m0/s1. The van der Waals surface area contributed by atoms with Gasteiger partial charge in [-0.15, -0.1) is 0 Å². The van der Waals surface area contributed by atoms with Gasteiger partial charge < -0.3 is 15.5 Å². The first kappa shape index (κ1) is 9.98. The minimum Gasteiger partial charge on any atom is -0.474 e. The fourth-order valence-electron chi connectivity index (χ4n) is 1.51. The summed E-state index contributed by atoms with van der Waals surface area (Å²) in [6.07, 6.45) is 2.53. The summed E-state index contributed by atoms with van der Waals surface area (Å²) < 4.78 is 0. The number of hydrogen-bond donors (Lipinski definition) is 3. The van der Waals surface area contributed by atoms with Gasteiger partial charge in [-0.2, -0.15) is 0 Å². The average molecular weight is 187 g/mol. The molecule has 0 spiro atoms. The van der Waals surface area contributed by atoms with Crippen LogP contribution in [-0.4, -0.2) is 34.2 Å². The number of carbonyl (C=O) groups is 2. The minimum absolute atomic E-state index is 0.391. The number of carboxylic acid groups (broad SMARTS) is 1. The van der Waals surface area contributed by atoms with E-state index in [1.165, 1.54) is 0 Å². The number of nitrogens with one attached hydrogen (secondary N) is 1. The van der Waals surface area contributed by atoms with Crippen molar-refractivity contribution in [1.29, 1.82) is 0 Å². The van der Waals surface area contributed by atoms with E-state index < -0.39 is 24.0 Å². The van der Waals surface area contributed by atoms with Gasteiger partial charge in [-0.3, -0.25) is 4.79 Å². The Morgan fingerprint density at radius 2 is 1.85 bits per heavy atom. The molecule has 1 rings (SSSR count). The van der Waals surface area contributed by atoms with Gasteiger partial charge in [0.1, 0.15) is 0 Å². The number of aliphatic carboxylic acids is 1. The van der Waals surface area contributed by atoms with Crippen molar-refractivity contribution in [3.63, 3.8) is 0 Å². The molecule has 1 fully saturated rings. The van der Waals surface area contributed by atoms with Crippen molar-refractivity contribution in [1.82, 2.24) is 5.32 Å². The molecule has 3 N–H and O–H groups in total. The first-order chi connectivity index (χ1) is 6.11. The number of aliphatic hydroxyl groups is 1. The Morgan fingerprint density at radius 1 is 1.23 bits per heavy atom. The lowest BCUT2D eigenvalue weighted by atomic mass is 9.92. The van der Waals surface area contributed by atoms with Crippen LogP contribution < -0.4 is 5.32 Å². The second-order valence-corrected chi connectivity index (χ2v) is 3.24. The van der Waals surface area contributed by atoms with E-state index in [9.17, 15) is 14.7 Å². The molecule has 13 heavy (non-hydrogen) atoms. The van der Waals surface area contributed by atoms with E-state index in [1.807, 2.05) is 0 Å². The minimum atomic E-state index is -1.50. The largest absolute Gasteiger partial charge is 0.474 e. The normalized spacial score (nSPS) is 28.1. The molecule has 5 nitrogen and oxygen atoms in total. The van der Waals surface area contributed by atoms with Gasteiger partial charge in [0.2, 0.25) is 0 Å². The van der Waals surface area contributed by atoms with Gasteiger partial charge in [-0.1, -0.05) is 12.8 Å². The smallest absolute Gasteiger partial charge is 0.394 e. The van der Waals surface area contributed by atoms with Crippen molar-refractivity contribution in [2.75, 3.05) is 0 Å². The zero-order valence-electron chi connectivity index (χ0n) is 7.19. The van der Waals surface area contributed by atoms with Crippen LogP contribution in [0.2, 0.25) is 0 Å². The molecule has 0 aromatic rings. The molecule has 1 saturated carbocycles. The summed E-state index contributed by atoms with van der Waals surface area (Å²) >= 11 is 0. The molecule has 74 valence electrons. The van der Waals surface area contributed by atoms with Crippen LogP contribution in [0.3, 0.4) is 0 Å². The van der Waals surface area contributed by atoms with E-state index in [2.05, 4.69) is 5.32 Å². The maximum Gasteiger partial charge on any atom is 0.394 e. The fraction of sp³-hybridized carbons (Fsp3) is 0.750. The summed E-state index contributed by atoms with van der Waals surface area (Å²) in [6, 6.07) is -0.391. The number of amides is 1. The summed E-state index contributed by atoms with van der Waals surface area (Å²) in [6.45, 7) is 0. The molecule has 0 unspecified atom stereocenters. The molecule has 0 aliphatic heterocycles. The highest BCUT2D eigenvalue weighted by Crippen LogP contribution is 2.17. The Bertz CT molecular complexity index is 216. The maximum atomic E-state index is 10.7. The second kappa shape index (κ2) is 4.23. The summed E-state index contributed by atoms with van der Waals surface area (Å²) in [5.41, 5.74) is 0. The van der Waals surface area contributed by atoms with Gasteiger partial charge in [-0.25, -0.2) is 4.79 Å². The Balaban J connectivity index is 2.42. The van der Waals surface area contributed by atoms with E-state index in [1.54, 1.807) is 0 Å². The van der Waals surface area contributed by atoms with Crippen LogP contribution in [0.25, 0.3) is 0 Å². The van der Waals surface area contributed by atoms with Crippen LogP contribution in [0.5, 0.6) is 0 Å². The van der Waals surface area contributed by atoms with Gasteiger partial charge >= 0.3 is 11.9 Å². The Hall–Kier alpha value is -1.10. The lowest BCUT2D eigenvalue weighted by molar-refractivity contribution is -0.151. The molecular formula is C8H13NO4. The van der Waals surface area contributed by atoms with Crippen LogP contribution in [0.1, 0.15) is 25.7 Å². The molecule has 0 heterocycles. The molecule has 5 heteroatoms. The number of hydrogen-bond acceptors (Lipinski definition) is 3. The summed E-state index contributed by atoms with van der Waals surface area (Å²) in [5.74, 6) is -2.54. The van der Waals surface area contributed by atoms with Gasteiger partial charge in [0.25, 0.3) is 0 Å². The van der Waals surface area contributed by atoms with Gasteiger partial charge in [0.15, 0.2) is 0 Å². The van der Waals surface area contributed by atoms with Crippen molar-refractivity contribution >= 4 is 11.9 Å². The molecule has 1 amide bonds. The maximum absolute atomic E-state index is 10.7. The topological polar surface area (TPSA) is 86.6 Å². The molecule has 0 saturated heterocycles. The Labute approximate surface area is 75.7 Å². The van der Waals surface area contributed by atoms with Gasteiger partial charge in [-0.05, 0) is 12.8 Å². The first-order valence-electron chi connectivity index (χ1n) is 4.33. The predicted octanol–water partition coefficient (Wildman–Crippen LogP) is -0.509.